The summed E-state index contributed by atoms with van der Waals surface area (Å²) in [6.45, 7) is 4.41. The van der Waals surface area contributed by atoms with Crippen LogP contribution >= 0.6 is 0 Å². The summed E-state index contributed by atoms with van der Waals surface area (Å²) in [5.41, 5.74) is 6.07. The molecular formula is C13H23N3O. The van der Waals surface area contributed by atoms with Gasteiger partial charge in [-0.25, -0.2) is 0 Å². The van der Waals surface area contributed by atoms with Crippen molar-refractivity contribution in [3.05, 3.63) is 11.7 Å². The molecule has 1 aromatic heterocycles. The zero-order valence-electron chi connectivity index (χ0n) is 10.9. The Kier molecular flexibility index (Phi) is 3.82. The van der Waals surface area contributed by atoms with Gasteiger partial charge in [-0.2, -0.15) is 4.98 Å². The Morgan fingerprint density at radius 1 is 1.53 bits per heavy atom. The van der Waals surface area contributed by atoms with Gasteiger partial charge in [0.15, 0.2) is 5.82 Å². The number of nitrogens with two attached hydrogens (primary N) is 1. The number of hydrogen-bond donors (Lipinski definition) is 1. The summed E-state index contributed by atoms with van der Waals surface area (Å²) in [6, 6.07) is 0. The van der Waals surface area contributed by atoms with Crippen LogP contribution in [-0.4, -0.2) is 10.1 Å². The zero-order valence-corrected chi connectivity index (χ0v) is 10.9. The average Bonchev–Trinajstić information content (AvgIpc) is 2.75. The largest absolute Gasteiger partial charge is 0.339 e. The van der Waals surface area contributed by atoms with Gasteiger partial charge in [0.05, 0.1) is 5.54 Å². The Hall–Kier alpha value is -0.900. The molecule has 2 atom stereocenters. The molecule has 1 aliphatic carbocycles. The second-order valence-electron chi connectivity index (χ2n) is 5.47. The van der Waals surface area contributed by atoms with E-state index in [0.717, 1.165) is 50.2 Å². The van der Waals surface area contributed by atoms with Crippen molar-refractivity contribution in [2.45, 2.75) is 64.3 Å². The number of rotatable bonds is 4. The molecule has 4 heteroatoms. The Morgan fingerprint density at radius 3 is 3.06 bits per heavy atom. The lowest BCUT2D eigenvalue weighted by molar-refractivity contribution is 0.221. The highest BCUT2D eigenvalue weighted by Crippen LogP contribution is 2.36. The lowest BCUT2D eigenvalue weighted by Gasteiger charge is -2.33. The maximum Gasteiger partial charge on any atom is 0.226 e. The molecule has 0 bridgehead atoms. The van der Waals surface area contributed by atoms with Crippen molar-refractivity contribution in [2.75, 3.05) is 0 Å². The molecule has 0 saturated heterocycles. The van der Waals surface area contributed by atoms with Gasteiger partial charge < -0.3 is 10.3 Å². The molecule has 1 aliphatic rings. The fourth-order valence-corrected chi connectivity index (χ4v) is 2.68. The molecule has 2 N–H and O–H groups in total. The van der Waals surface area contributed by atoms with Crippen LogP contribution in [0.3, 0.4) is 0 Å². The molecule has 1 fully saturated rings. The minimum absolute atomic E-state index is 0.356. The predicted molar refractivity (Wildman–Crippen MR) is 66.4 cm³/mol. The molecule has 2 rings (SSSR count). The summed E-state index contributed by atoms with van der Waals surface area (Å²) in [5.74, 6) is 2.12. The number of aryl methyl sites for hydroxylation is 1. The quantitative estimate of drug-likeness (QED) is 0.874. The molecule has 0 spiro atoms. The molecule has 4 nitrogen and oxygen atoms in total. The van der Waals surface area contributed by atoms with Gasteiger partial charge in [-0.1, -0.05) is 38.3 Å². The van der Waals surface area contributed by atoms with Gasteiger partial charge in [-0.05, 0) is 25.2 Å². The topological polar surface area (TPSA) is 64.9 Å². The third kappa shape index (κ3) is 2.86. The standard InChI is InChI=1S/C13H23N3O/c1-3-4-7-11-15-12(16-17-11)13(14)8-5-6-10(2)9-13/h10H,3-9,14H2,1-2H3. The fourth-order valence-electron chi connectivity index (χ4n) is 2.68. The first-order valence-electron chi connectivity index (χ1n) is 6.76. The molecule has 1 heterocycles. The molecule has 2 unspecified atom stereocenters. The van der Waals surface area contributed by atoms with Crippen molar-refractivity contribution in [3.8, 4) is 0 Å². The molecular weight excluding hydrogens is 214 g/mol. The van der Waals surface area contributed by atoms with Crippen LogP contribution in [0.2, 0.25) is 0 Å². The lowest BCUT2D eigenvalue weighted by Crippen LogP contribution is -2.42. The Labute approximate surface area is 103 Å². The van der Waals surface area contributed by atoms with E-state index in [0.29, 0.717) is 5.92 Å². The van der Waals surface area contributed by atoms with E-state index in [-0.39, 0.29) is 5.54 Å². The molecule has 1 saturated carbocycles. The minimum Gasteiger partial charge on any atom is -0.339 e. The summed E-state index contributed by atoms with van der Waals surface area (Å²) in [7, 11) is 0. The van der Waals surface area contributed by atoms with E-state index in [1.807, 2.05) is 0 Å². The number of hydrogen-bond acceptors (Lipinski definition) is 4. The highest BCUT2D eigenvalue weighted by atomic mass is 16.5. The maximum atomic E-state index is 6.43. The normalized spacial score (nSPS) is 29.5. The van der Waals surface area contributed by atoms with Crippen LogP contribution in [0, 0.1) is 5.92 Å². The fraction of sp³-hybridized carbons (Fsp3) is 0.846. The van der Waals surface area contributed by atoms with Crippen molar-refractivity contribution in [3.63, 3.8) is 0 Å². The predicted octanol–water partition coefficient (Wildman–Crippen LogP) is 2.78. The van der Waals surface area contributed by atoms with E-state index in [4.69, 9.17) is 10.3 Å². The van der Waals surface area contributed by atoms with Crippen LogP contribution in [0.1, 0.15) is 64.1 Å². The first-order chi connectivity index (χ1) is 8.14. The second-order valence-corrected chi connectivity index (χ2v) is 5.47. The number of nitrogens with zero attached hydrogens (tertiary/aromatic N) is 2. The van der Waals surface area contributed by atoms with Crippen LogP contribution in [0.5, 0.6) is 0 Å². The molecule has 0 aromatic carbocycles. The summed E-state index contributed by atoms with van der Waals surface area (Å²) in [5, 5.41) is 4.09. The average molecular weight is 237 g/mol. The number of aromatic nitrogens is 2. The molecule has 0 amide bonds. The van der Waals surface area contributed by atoms with Crippen LogP contribution in [0.4, 0.5) is 0 Å². The van der Waals surface area contributed by atoms with Crippen molar-refractivity contribution in [2.24, 2.45) is 11.7 Å². The van der Waals surface area contributed by atoms with E-state index in [9.17, 15) is 0 Å². The van der Waals surface area contributed by atoms with Gasteiger partial charge in [0.2, 0.25) is 5.89 Å². The van der Waals surface area contributed by atoms with Crippen LogP contribution in [0.25, 0.3) is 0 Å². The lowest BCUT2D eigenvalue weighted by atomic mass is 9.76. The molecule has 1 aromatic rings. The van der Waals surface area contributed by atoms with Crippen LogP contribution in [-0.2, 0) is 12.0 Å². The molecule has 17 heavy (non-hydrogen) atoms. The van der Waals surface area contributed by atoms with Crippen molar-refractivity contribution < 1.29 is 4.52 Å². The summed E-state index contributed by atoms with van der Waals surface area (Å²) in [4.78, 5) is 4.47. The van der Waals surface area contributed by atoms with Crippen LogP contribution < -0.4 is 5.73 Å². The van der Waals surface area contributed by atoms with Gasteiger partial charge in [0.25, 0.3) is 0 Å². The summed E-state index contributed by atoms with van der Waals surface area (Å²) < 4.78 is 5.28. The smallest absolute Gasteiger partial charge is 0.226 e. The van der Waals surface area contributed by atoms with E-state index in [1.165, 1.54) is 6.42 Å². The SMILES string of the molecule is CCCCc1nc(C2(N)CCCC(C)C2)no1. The third-order valence-corrected chi connectivity index (χ3v) is 3.69. The number of unbranched alkanes of at least 4 members (excludes halogenated alkanes) is 1. The highest BCUT2D eigenvalue weighted by molar-refractivity contribution is 5.06. The Balaban J connectivity index is 2.07. The molecule has 0 aliphatic heterocycles. The van der Waals surface area contributed by atoms with Crippen LogP contribution in [0.15, 0.2) is 4.52 Å². The summed E-state index contributed by atoms with van der Waals surface area (Å²) in [6.07, 6.45) is 7.48. The van der Waals surface area contributed by atoms with Crippen molar-refractivity contribution in [1.82, 2.24) is 10.1 Å². The van der Waals surface area contributed by atoms with Crippen molar-refractivity contribution >= 4 is 0 Å². The van der Waals surface area contributed by atoms with E-state index in [2.05, 4.69) is 24.0 Å². The Morgan fingerprint density at radius 2 is 2.35 bits per heavy atom. The van der Waals surface area contributed by atoms with Gasteiger partial charge in [0, 0.05) is 6.42 Å². The molecule has 0 radical (unpaired) electrons. The second kappa shape index (κ2) is 5.17. The van der Waals surface area contributed by atoms with E-state index in [1.54, 1.807) is 0 Å². The highest BCUT2D eigenvalue weighted by Gasteiger charge is 2.36. The summed E-state index contributed by atoms with van der Waals surface area (Å²) >= 11 is 0. The van der Waals surface area contributed by atoms with Gasteiger partial charge >= 0.3 is 0 Å². The van der Waals surface area contributed by atoms with Crippen molar-refractivity contribution in [1.29, 1.82) is 0 Å². The first kappa shape index (κ1) is 12.6. The van der Waals surface area contributed by atoms with E-state index < -0.39 is 0 Å². The minimum atomic E-state index is -0.356. The van der Waals surface area contributed by atoms with E-state index >= 15 is 0 Å². The Bertz CT molecular complexity index is 363. The molecule has 96 valence electrons. The monoisotopic (exact) mass is 237 g/mol. The maximum absolute atomic E-state index is 6.43. The first-order valence-corrected chi connectivity index (χ1v) is 6.76. The van der Waals surface area contributed by atoms with Gasteiger partial charge in [0.1, 0.15) is 0 Å². The van der Waals surface area contributed by atoms with Gasteiger partial charge in [-0.15, -0.1) is 0 Å². The zero-order chi connectivity index (χ0) is 12.3. The third-order valence-electron chi connectivity index (χ3n) is 3.69. The van der Waals surface area contributed by atoms with Gasteiger partial charge in [-0.3, -0.25) is 0 Å².